The Morgan fingerprint density at radius 3 is 1.00 bits per heavy atom. The molecule has 0 spiro atoms. The molecule has 1 aromatic rings. The summed E-state index contributed by atoms with van der Waals surface area (Å²) in [7, 11) is 0. The highest BCUT2D eigenvalue weighted by Crippen LogP contribution is 2.16. The van der Waals surface area contributed by atoms with Crippen LogP contribution in [0.25, 0.3) is 0 Å². The van der Waals surface area contributed by atoms with Gasteiger partial charge in [0.2, 0.25) is 0 Å². The van der Waals surface area contributed by atoms with E-state index in [0.29, 0.717) is 0 Å². The molecule has 0 aromatic heterocycles. The third-order valence-electron chi connectivity index (χ3n) is 1.61. The molecule has 0 unspecified atom stereocenters. The number of hydrogen-bond donors (Lipinski definition) is 0. The van der Waals surface area contributed by atoms with Crippen LogP contribution in [0.4, 0.5) is 0 Å². The van der Waals surface area contributed by atoms with Crippen LogP contribution in [0.15, 0.2) is 18.2 Å². The minimum absolute atomic E-state index is 0.00725. The number of rotatable bonds is 3. The highest BCUT2D eigenvalue weighted by atomic mass is 35.5. The van der Waals surface area contributed by atoms with Crippen LogP contribution in [-0.2, 0) is 0 Å². The van der Waals surface area contributed by atoms with Crippen molar-refractivity contribution < 1.29 is 14.4 Å². The summed E-state index contributed by atoms with van der Waals surface area (Å²) in [6, 6.07) is 3.57. The Morgan fingerprint density at radius 1 is 0.706 bits per heavy atom. The molecule has 3 nitrogen and oxygen atoms in total. The zero-order chi connectivity index (χ0) is 13.6. The van der Waals surface area contributed by atoms with Gasteiger partial charge < -0.3 is 0 Å². The van der Waals surface area contributed by atoms with Crippen LogP contribution >= 0.6 is 34.8 Å². The van der Waals surface area contributed by atoms with Gasteiger partial charge in [-0.15, -0.1) is 0 Å². The van der Waals surface area contributed by atoms with Gasteiger partial charge in [-0.05, 0) is 53.0 Å². The molecule has 1 aromatic carbocycles. The van der Waals surface area contributed by atoms with Crippen LogP contribution in [0, 0.1) is 0 Å². The summed E-state index contributed by atoms with van der Waals surface area (Å²) in [5.74, 6) is 0. The maximum absolute atomic E-state index is 10.9. The molecule has 0 fully saturated rings. The van der Waals surface area contributed by atoms with Crippen molar-refractivity contribution in [2.75, 3.05) is 0 Å². The van der Waals surface area contributed by atoms with Crippen LogP contribution in [0.2, 0.25) is 0 Å². The van der Waals surface area contributed by atoms with E-state index in [1.165, 1.54) is 18.2 Å². The molecule has 0 bridgehead atoms. The smallest absolute Gasteiger partial charge is 0.252 e. The highest BCUT2D eigenvalue weighted by Gasteiger charge is 2.12. The largest absolute Gasteiger partial charge is 0.276 e. The molecule has 0 radical (unpaired) electrons. The molecule has 0 aliphatic heterocycles. The lowest BCUT2D eigenvalue weighted by Gasteiger charge is -2.00. The standard InChI is InChI=1S/C9H3Cl3O3.C2H6/c10-7(13)4-1-5(8(11)14)3-6(2-4)9(12)15;1-2/h1-3H;1-2H3. The first-order chi connectivity index (χ1) is 7.91. The van der Waals surface area contributed by atoms with Gasteiger partial charge in [-0.2, -0.15) is 0 Å². The summed E-state index contributed by atoms with van der Waals surface area (Å²) in [6.45, 7) is 4.00. The normalized spacial score (nSPS) is 9.00. The Morgan fingerprint density at radius 2 is 0.882 bits per heavy atom. The second kappa shape index (κ2) is 7.43. The van der Waals surface area contributed by atoms with Crippen molar-refractivity contribution in [1.29, 1.82) is 0 Å². The third-order valence-corrected chi connectivity index (χ3v) is 2.27. The SMILES string of the molecule is CC.O=C(Cl)c1cc(C(=O)Cl)cc(C(=O)Cl)c1. The fraction of sp³-hybridized carbons (Fsp3) is 0.182. The summed E-state index contributed by atoms with van der Waals surface area (Å²) < 4.78 is 0. The van der Waals surface area contributed by atoms with Crippen molar-refractivity contribution in [2.24, 2.45) is 0 Å². The average molecular weight is 296 g/mol. The van der Waals surface area contributed by atoms with E-state index in [-0.39, 0.29) is 16.7 Å². The predicted molar refractivity (Wildman–Crippen MR) is 68.3 cm³/mol. The Labute approximate surface area is 114 Å². The molecule has 17 heavy (non-hydrogen) atoms. The summed E-state index contributed by atoms with van der Waals surface area (Å²) in [5.41, 5.74) is -0.0218. The van der Waals surface area contributed by atoms with Crippen molar-refractivity contribution in [1.82, 2.24) is 0 Å². The van der Waals surface area contributed by atoms with Crippen molar-refractivity contribution in [3.05, 3.63) is 34.9 Å². The Balaban J connectivity index is 0.00000121. The van der Waals surface area contributed by atoms with Gasteiger partial charge in [0.1, 0.15) is 0 Å². The number of benzene rings is 1. The zero-order valence-corrected chi connectivity index (χ0v) is 11.4. The third kappa shape index (κ3) is 4.86. The molecular formula is C11H9Cl3O3. The first-order valence-corrected chi connectivity index (χ1v) is 5.80. The monoisotopic (exact) mass is 294 g/mol. The van der Waals surface area contributed by atoms with Gasteiger partial charge in [0, 0.05) is 16.7 Å². The molecule has 0 atom stereocenters. The second-order valence-corrected chi connectivity index (χ2v) is 3.65. The van der Waals surface area contributed by atoms with Crippen molar-refractivity contribution in [2.45, 2.75) is 13.8 Å². The molecule has 0 saturated carbocycles. The number of carbonyl (C=O) groups excluding carboxylic acids is 3. The molecule has 1 rings (SSSR count). The molecule has 0 aliphatic rings. The number of hydrogen-bond acceptors (Lipinski definition) is 3. The topological polar surface area (TPSA) is 51.2 Å². The molecule has 0 heterocycles. The van der Waals surface area contributed by atoms with E-state index in [1.54, 1.807) is 0 Å². The summed E-state index contributed by atoms with van der Waals surface area (Å²) in [4.78, 5) is 32.6. The molecule has 0 saturated heterocycles. The lowest BCUT2D eigenvalue weighted by molar-refractivity contribution is 0.108. The fourth-order valence-electron chi connectivity index (χ4n) is 0.968. The van der Waals surface area contributed by atoms with E-state index in [1.807, 2.05) is 13.8 Å². The fourth-order valence-corrected chi connectivity index (χ4v) is 1.30. The van der Waals surface area contributed by atoms with Crippen LogP contribution in [0.3, 0.4) is 0 Å². The number of halogens is 3. The van der Waals surface area contributed by atoms with Crippen molar-refractivity contribution in [3.63, 3.8) is 0 Å². The van der Waals surface area contributed by atoms with E-state index in [2.05, 4.69) is 0 Å². The average Bonchev–Trinajstić information content (AvgIpc) is 2.30. The predicted octanol–water partition coefficient (Wildman–Crippen LogP) is 3.85. The summed E-state index contributed by atoms with van der Waals surface area (Å²) >= 11 is 15.6. The lowest BCUT2D eigenvalue weighted by atomic mass is 10.1. The van der Waals surface area contributed by atoms with E-state index in [0.717, 1.165) is 0 Å². The maximum Gasteiger partial charge on any atom is 0.252 e. The Bertz CT molecular complexity index is 376. The molecule has 92 valence electrons. The van der Waals surface area contributed by atoms with Gasteiger partial charge in [0.25, 0.3) is 15.7 Å². The van der Waals surface area contributed by atoms with Crippen molar-refractivity contribution in [3.8, 4) is 0 Å². The van der Waals surface area contributed by atoms with Crippen LogP contribution < -0.4 is 0 Å². The first kappa shape index (κ1) is 16.1. The minimum Gasteiger partial charge on any atom is -0.276 e. The summed E-state index contributed by atoms with van der Waals surface area (Å²) in [6.07, 6.45) is 0. The van der Waals surface area contributed by atoms with Gasteiger partial charge in [-0.3, -0.25) is 14.4 Å². The zero-order valence-electron chi connectivity index (χ0n) is 9.09. The first-order valence-electron chi connectivity index (χ1n) is 4.66. The molecule has 0 aliphatic carbocycles. The van der Waals surface area contributed by atoms with Crippen molar-refractivity contribution >= 4 is 50.5 Å². The molecule has 6 heteroatoms. The van der Waals surface area contributed by atoms with Crippen LogP contribution in [-0.4, -0.2) is 15.7 Å². The van der Waals surface area contributed by atoms with Crippen LogP contribution in [0.1, 0.15) is 44.9 Å². The highest BCUT2D eigenvalue weighted by molar-refractivity contribution is 6.70. The maximum atomic E-state index is 10.9. The quantitative estimate of drug-likeness (QED) is 0.796. The molecule has 0 N–H and O–H groups in total. The Kier molecular flexibility index (Phi) is 7.04. The minimum atomic E-state index is -0.797. The number of carbonyl (C=O) groups is 3. The van der Waals surface area contributed by atoms with E-state index in [4.69, 9.17) is 34.8 Å². The van der Waals surface area contributed by atoms with Gasteiger partial charge in [0.15, 0.2) is 0 Å². The van der Waals surface area contributed by atoms with Gasteiger partial charge in [-0.25, -0.2) is 0 Å². The van der Waals surface area contributed by atoms with Gasteiger partial charge >= 0.3 is 0 Å². The van der Waals surface area contributed by atoms with E-state index >= 15 is 0 Å². The van der Waals surface area contributed by atoms with E-state index < -0.39 is 15.7 Å². The molecular weight excluding hydrogens is 286 g/mol. The second-order valence-electron chi connectivity index (χ2n) is 2.62. The van der Waals surface area contributed by atoms with Crippen LogP contribution in [0.5, 0.6) is 0 Å². The lowest BCUT2D eigenvalue weighted by Crippen LogP contribution is -2.00. The van der Waals surface area contributed by atoms with Gasteiger partial charge in [-0.1, -0.05) is 13.8 Å². The molecule has 0 amide bonds. The summed E-state index contributed by atoms with van der Waals surface area (Å²) in [5, 5.41) is -2.39. The van der Waals surface area contributed by atoms with Gasteiger partial charge in [0.05, 0.1) is 0 Å². The Hall–Kier alpha value is -0.900. The van der Waals surface area contributed by atoms with E-state index in [9.17, 15) is 14.4 Å².